The molecule has 17 heavy (non-hydrogen) atoms. The highest BCUT2D eigenvalue weighted by Gasteiger charge is 2.13. The summed E-state index contributed by atoms with van der Waals surface area (Å²) in [6.07, 6.45) is 4.34. The fourth-order valence-electron chi connectivity index (χ4n) is 1.84. The summed E-state index contributed by atoms with van der Waals surface area (Å²) >= 11 is 0. The van der Waals surface area contributed by atoms with Gasteiger partial charge in [-0.1, -0.05) is 19.1 Å². The van der Waals surface area contributed by atoms with Crippen LogP contribution in [0.2, 0.25) is 0 Å². The molecule has 0 aliphatic heterocycles. The minimum absolute atomic E-state index is 0.139. The van der Waals surface area contributed by atoms with Crippen LogP contribution in [0.15, 0.2) is 36.7 Å². The van der Waals surface area contributed by atoms with Crippen LogP contribution in [-0.2, 0) is 6.42 Å². The Labute approximate surface area is 100 Å². The molecule has 4 heteroatoms. The normalized spacial score (nSPS) is 12.6. The van der Waals surface area contributed by atoms with E-state index in [1.165, 1.54) is 12.1 Å². The van der Waals surface area contributed by atoms with Gasteiger partial charge in [0.15, 0.2) is 0 Å². The van der Waals surface area contributed by atoms with E-state index in [4.69, 9.17) is 0 Å². The van der Waals surface area contributed by atoms with Crippen molar-refractivity contribution in [2.45, 2.75) is 19.4 Å². The monoisotopic (exact) mass is 233 g/mol. The first-order valence-corrected chi connectivity index (χ1v) is 5.76. The van der Waals surface area contributed by atoms with Crippen LogP contribution in [0.3, 0.4) is 0 Å². The van der Waals surface area contributed by atoms with Crippen molar-refractivity contribution in [2.24, 2.45) is 0 Å². The number of nitrogens with zero attached hydrogens (tertiary/aromatic N) is 1. The summed E-state index contributed by atoms with van der Waals surface area (Å²) in [7, 11) is 0. The van der Waals surface area contributed by atoms with Crippen LogP contribution in [0, 0.1) is 5.82 Å². The Morgan fingerprint density at radius 3 is 2.71 bits per heavy atom. The number of H-pyrrole nitrogens is 1. The third-order valence-electron chi connectivity index (χ3n) is 2.65. The Hall–Kier alpha value is -1.68. The lowest BCUT2D eigenvalue weighted by atomic mass is 10.1. The van der Waals surface area contributed by atoms with Gasteiger partial charge in [-0.2, -0.15) is 0 Å². The zero-order valence-corrected chi connectivity index (χ0v) is 9.78. The van der Waals surface area contributed by atoms with Crippen LogP contribution in [0.25, 0.3) is 0 Å². The van der Waals surface area contributed by atoms with E-state index < -0.39 is 0 Å². The number of hydrogen-bond acceptors (Lipinski definition) is 2. The van der Waals surface area contributed by atoms with Crippen LogP contribution in [0.5, 0.6) is 0 Å². The minimum atomic E-state index is -0.202. The fraction of sp³-hybridized carbons (Fsp3) is 0.308. The second-order valence-electron chi connectivity index (χ2n) is 3.92. The van der Waals surface area contributed by atoms with Crippen molar-refractivity contribution in [3.63, 3.8) is 0 Å². The molecule has 1 heterocycles. The van der Waals surface area contributed by atoms with Gasteiger partial charge in [-0.05, 0) is 30.7 Å². The maximum Gasteiger partial charge on any atom is 0.123 e. The van der Waals surface area contributed by atoms with Gasteiger partial charge in [0.05, 0.1) is 6.04 Å². The molecule has 1 atom stereocenters. The highest BCUT2D eigenvalue weighted by molar-refractivity contribution is 5.18. The molecule has 0 radical (unpaired) electrons. The van der Waals surface area contributed by atoms with E-state index >= 15 is 0 Å². The molecule has 0 aliphatic carbocycles. The second kappa shape index (κ2) is 5.59. The van der Waals surface area contributed by atoms with Crippen LogP contribution in [-0.4, -0.2) is 16.5 Å². The predicted molar refractivity (Wildman–Crippen MR) is 65.1 cm³/mol. The molecule has 3 nitrogen and oxygen atoms in total. The molecule has 2 rings (SSSR count). The maximum atomic E-state index is 12.8. The van der Waals surface area contributed by atoms with Crippen molar-refractivity contribution in [3.05, 3.63) is 53.9 Å². The number of nitrogens with one attached hydrogen (secondary N) is 2. The minimum Gasteiger partial charge on any atom is -0.347 e. The quantitative estimate of drug-likeness (QED) is 0.832. The first-order valence-electron chi connectivity index (χ1n) is 5.76. The topological polar surface area (TPSA) is 40.7 Å². The van der Waals surface area contributed by atoms with Gasteiger partial charge < -0.3 is 10.3 Å². The number of halogens is 1. The van der Waals surface area contributed by atoms with E-state index in [2.05, 4.69) is 22.2 Å². The zero-order chi connectivity index (χ0) is 12.1. The summed E-state index contributed by atoms with van der Waals surface area (Å²) < 4.78 is 12.8. The van der Waals surface area contributed by atoms with E-state index in [0.717, 1.165) is 24.4 Å². The second-order valence-corrected chi connectivity index (χ2v) is 3.92. The van der Waals surface area contributed by atoms with E-state index in [-0.39, 0.29) is 11.9 Å². The SMILES string of the molecule is CCNC(Cc1ccc(F)cc1)c1ncc[nH]1. The Balaban J connectivity index is 2.10. The van der Waals surface area contributed by atoms with Crippen molar-refractivity contribution >= 4 is 0 Å². The zero-order valence-electron chi connectivity index (χ0n) is 9.78. The standard InChI is InChI=1S/C13H16FN3/c1-2-15-12(13-16-7-8-17-13)9-10-3-5-11(14)6-4-10/h3-8,12,15H,2,9H2,1H3,(H,16,17). The summed E-state index contributed by atoms with van der Waals surface area (Å²) in [6.45, 7) is 2.92. The van der Waals surface area contributed by atoms with E-state index in [9.17, 15) is 4.39 Å². The Bertz CT molecular complexity index is 436. The van der Waals surface area contributed by atoms with Crippen molar-refractivity contribution in [2.75, 3.05) is 6.54 Å². The number of aromatic nitrogens is 2. The van der Waals surface area contributed by atoms with E-state index in [1.54, 1.807) is 6.20 Å². The van der Waals surface area contributed by atoms with E-state index in [0.29, 0.717) is 0 Å². The van der Waals surface area contributed by atoms with Gasteiger partial charge in [0, 0.05) is 12.4 Å². The lowest BCUT2D eigenvalue weighted by molar-refractivity contribution is 0.525. The summed E-state index contributed by atoms with van der Waals surface area (Å²) in [5.74, 6) is 0.711. The van der Waals surface area contributed by atoms with Crippen LogP contribution >= 0.6 is 0 Å². The van der Waals surface area contributed by atoms with Crippen LogP contribution < -0.4 is 5.32 Å². The van der Waals surface area contributed by atoms with Crippen molar-refractivity contribution in [1.82, 2.24) is 15.3 Å². The molecule has 0 spiro atoms. The molecule has 1 aromatic carbocycles. The third-order valence-corrected chi connectivity index (χ3v) is 2.65. The average Bonchev–Trinajstić information content (AvgIpc) is 2.85. The summed E-state index contributed by atoms with van der Waals surface area (Å²) in [5.41, 5.74) is 1.09. The molecule has 0 amide bonds. The Morgan fingerprint density at radius 1 is 1.35 bits per heavy atom. The van der Waals surface area contributed by atoms with Gasteiger partial charge in [-0.3, -0.25) is 0 Å². The average molecular weight is 233 g/mol. The largest absolute Gasteiger partial charge is 0.347 e. The molecule has 0 bridgehead atoms. The fourth-order valence-corrected chi connectivity index (χ4v) is 1.84. The third kappa shape index (κ3) is 3.14. The number of hydrogen-bond donors (Lipinski definition) is 2. The summed E-state index contributed by atoms with van der Waals surface area (Å²) in [5, 5.41) is 3.36. The van der Waals surface area contributed by atoms with Crippen molar-refractivity contribution in [3.8, 4) is 0 Å². The lowest BCUT2D eigenvalue weighted by Crippen LogP contribution is -2.24. The van der Waals surface area contributed by atoms with Gasteiger partial charge in [0.2, 0.25) is 0 Å². The van der Waals surface area contributed by atoms with Gasteiger partial charge in [0.1, 0.15) is 11.6 Å². The number of benzene rings is 1. The highest BCUT2D eigenvalue weighted by atomic mass is 19.1. The number of likely N-dealkylation sites (N-methyl/N-ethyl adjacent to an activating group) is 1. The number of imidazole rings is 1. The first kappa shape index (κ1) is 11.8. The number of aromatic amines is 1. The molecule has 0 saturated heterocycles. The predicted octanol–water partition coefficient (Wildman–Crippen LogP) is 2.44. The van der Waals surface area contributed by atoms with Crippen molar-refractivity contribution in [1.29, 1.82) is 0 Å². The van der Waals surface area contributed by atoms with Crippen LogP contribution in [0.1, 0.15) is 24.4 Å². The van der Waals surface area contributed by atoms with Gasteiger partial charge in [-0.25, -0.2) is 9.37 Å². The molecule has 1 unspecified atom stereocenters. The molecule has 2 aromatic rings. The molecular formula is C13H16FN3. The molecular weight excluding hydrogens is 217 g/mol. The molecule has 2 N–H and O–H groups in total. The van der Waals surface area contributed by atoms with Gasteiger partial charge in [0.25, 0.3) is 0 Å². The van der Waals surface area contributed by atoms with E-state index in [1.807, 2.05) is 18.3 Å². The molecule has 0 saturated carbocycles. The summed E-state index contributed by atoms with van der Waals surface area (Å²) in [6, 6.07) is 6.73. The van der Waals surface area contributed by atoms with Gasteiger partial charge in [-0.15, -0.1) is 0 Å². The van der Waals surface area contributed by atoms with Crippen LogP contribution in [0.4, 0.5) is 4.39 Å². The molecule has 0 aliphatic rings. The summed E-state index contributed by atoms with van der Waals surface area (Å²) in [4.78, 5) is 7.36. The molecule has 1 aromatic heterocycles. The Morgan fingerprint density at radius 2 is 2.12 bits per heavy atom. The highest BCUT2D eigenvalue weighted by Crippen LogP contribution is 2.15. The van der Waals surface area contributed by atoms with Crippen molar-refractivity contribution < 1.29 is 4.39 Å². The molecule has 90 valence electrons. The molecule has 0 fully saturated rings. The smallest absolute Gasteiger partial charge is 0.123 e. The lowest BCUT2D eigenvalue weighted by Gasteiger charge is -2.15. The van der Waals surface area contributed by atoms with Gasteiger partial charge >= 0.3 is 0 Å². The maximum absolute atomic E-state index is 12.8. The first-order chi connectivity index (χ1) is 8.29. The Kier molecular flexibility index (Phi) is 3.88. The number of rotatable bonds is 5.